The molecular weight excluding hydrogens is 266 g/mol. The molecule has 15 heavy (non-hydrogen) atoms. The quantitative estimate of drug-likeness (QED) is 0.596. The van der Waals surface area contributed by atoms with E-state index in [2.05, 4.69) is 52.0 Å². The van der Waals surface area contributed by atoms with Crippen LogP contribution in [0.1, 0.15) is 12.0 Å². The molecule has 0 aliphatic rings. The van der Waals surface area contributed by atoms with Crippen LogP contribution in [0, 0.1) is 11.5 Å². The van der Waals surface area contributed by atoms with Crippen molar-refractivity contribution in [1.29, 1.82) is 0 Å². The average Bonchev–Trinajstić information content (AvgIpc) is 2.13. The van der Waals surface area contributed by atoms with Crippen LogP contribution in [0.4, 0.5) is 0 Å². The lowest BCUT2D eigenvalue weighted by Crippen LogP contribution is -2.16. The van der Waals surface area contributed by atoms with Gasteiger partial charge in [0.05, 0.1) is 0 Å². The lowest BCUT2D eigenvalue weighted by atomic mass is 10.1. The Morgan fingerprint density at radius 3 is 2.73 bits per heavy atom. The molecule has 0 fully saturated rings. The van der Waals surface area contributed by atoms with Crippen LogP contribution in [0.5, 0.6) is 0 Å². The first-order chi connectivity index (χ1) is 6.99. The number of halogens is 1. The van der Waals surface area contributed by atoms with Gasteiger partial charge in [0.1, 0.15) is 8.07 Å². The minimum Gasteiger partial charge on any atom is -0.264 e. The molecule has 0 atom stereocenters. The Hall–Kier alpha value is -0.593. The Bertz CT molecular complexity index is 385. The predicted molar refractivity (Wildman–Crippen MR) is 71.4 cm³/mol. The first-order valence-electron chi connectivity index (χ1n) is 5.07. The smallest absolute Gasteiger partial charge is 0.129 e. The van der Waals surface area contributed by atoms with Gasteiger partial charge in [0.15, 0.2) is 0 Å². The third-order valence-corrected chi connectivity index (χ3v) is 3.48. The monoisotopic (exact) mass is 281 g/mol. The summed E-state index contributed by atoms with van der Waals surface area (Å²) in [6, 6.07) is 2.04. The topological polar surface area (TPSA) is 12.9 Å². The van der Waals surface area contributed by atoms with Crippen molar-refractivity contribution in [2.45, 2.75) is 32.5 Å². The molecule has 3 heteroatoms. The molecule has 0 radical (unpaired) electrons. The van der Waals surface area contributed by atoms with Gasteiger partial charge in [-0.1, -0.05) is 19.6 Å². The van der Waals surface area contributed by atoms with E-state index in [1.54, 1.807) is 0 Å². The van der Waals surface area contributed by atoms with E-state index < -0.39 is 8.07 Å². The first-order valence-corrected chi connectivity index (χ1v) is 9.37. The van der Waals surface area contributed by atoms with Crippen molar-refractivity contribution in [2.24, 2.45) is 0 Å². The predicted octanol–water partition coefficient (Wildman–Crippen LogP) is 3.66. The number of pyridine rings is 1. The van der Waals surface area contributed by atoms with Crippen LogP contribution < -0.4 is 0 Å². The zero-order valence-corrected chi connectivity index (χ0v) is 12.1. The molecule has 1 heterocycles. The Labute approximate surface area is 101 Å². The molecule has 0 saturated carbocycles. The third kappa shape index (κ3) is 5.15. The zero-order valence-electron chi connectivity index (χ0n) is 9.47. The Morgan fingerprint density at radius 2 is 2.13 bits per heavy atom. The molecule has 0 amide bonds. The van der Waals surface area contributed by atoms with Crippen molar-refractivity contribution in [3.8, 4) is 11.5 Å². The largest absolute Gasteiger partial charge is 0.264 e. The van der Waals surface area contributed by atoms with Gasteiger partial charge in [0.2, 0.25) is 0 Å². The van der Waals surface area contributed by atoms with E-state index in [1.807, 2.05) is 18.5 Å². The lowest BCUT2D eigenvalue weighted by molar-refractivity contribution is 1.01. The van der Waals surface area contributed by atoms with E-state index in [0.717, 1.165) is 17.3 Å². The summed E-state index contributed by atoms with van der Waals surface area (Å²) in [7, 11) is -1.19. The summed E-state index contributed by atoms with van der Waals surface area (Å²) in [5.41, 5.74) is 4.66. The highest BCUT2D eigenvalue weighted by atomic mass is 79.9. The van der Waals surface area contributed by atoms with E-state index in [9.17, 15) is 0 Å². The standard InChI is InChI=1S/C12H16BrNSi/c1-15(2,3)9-5-4-6-11-7-8-14-10-12(11)13/h7-8,10H,4,6H2,1-3H3. The number of rotatable bonds is 2. The van der Waals surface area contributed by atoms with Gasteiger partial charge in [-0.2, -0.15) is 0 Å². The molecule has 0 spiro atoms. The van der Waals surface area contributed by atoms with Gasteiger partial charge in [-0.25, -0.2) is 0 Å². The second-order valence-electron chi connectivity index (χ2n) is 4.52. The zero-order chi connectivity index (χ0) is 11.3. The Kier molecular flexibility index (Phi) is 4.56. The van der Waals surface area contributed by atoms with Gasteiger partial charge < -0.3 is 0 Å². The van der Waals surface area contributed by atoms with Gasteiger partial charge in [-0.15, -0.1) is 11.5 Å². The maximum atomic E-state index is 4.04. The van der Waals surface area contributed by atoms with Crippen molar-refractivity contribution >= 4 is 24.0 Å². The summed E-state index contributed by atoms with van der Waals surface area (Å²) >= 11 is 3.49. The fourth-order valence-electron chi connectivity index (χ4n) is 1.13. The molecule has 80 valence electrons. The number of aryl methyl sites for hydroxylation is 1. The number of nitrogens with zero attached hydrogens (tertiary/aromatic N) is 1. The highest BCUT2D eigenvalue weighted by Gasteiger charge is 2.07. The molecule has 0 aliphatic heterocycles. The number of hydrogen-bond donors (Lipinski definition) is 0. The van der Waals surface area contributed by atoms with E-state index in [-0.39, 0.29) is 0 Å². The van der Waals surface area contributed by atoms with Gasteiger partial charge in [-0.05, 0) is 34.0 Å². The summed E-state index contributed by atoms with van der Waals surface area (Å²) in [5.74, 6) is 3.27. The second kappa shape index (κ2) is 5.48. The molecule has 1 rings (SSSR count). The van der Waals surface area contributed by atoms with Crippen LogP contribution in [0.2, 0.25) is 19.6 Å². The van der Waals surface area contributed by atoms with Crippen molar-refractivity contribution in [1.82, 2.24) is 4.98 Å². The normalized spacial score (nSPS) is 10.7. The first kappa shape index (κ1) is 12.5. The van der Waals surface area contributed by atoms with E-state index in [1.165, 1.54) is 5.56 Å². The second-order valence-corrected chi connectivity index (χ2v) is 10.1. The van der Waals surface area contributed by atoms with Crippen molar-refractivity contribution < 1.29 is 0 Å². The SMILES string of the molecule is C[Si](C)(C)C#CCCc1ccncc1Br. The van der Waals surface area contributed by atoms with E-state index >= 15 is 0 Å². The molecule has 1 aromatic heterocycles. The average molecular weight is 282 g/mol. The Morgan fingerprint density at radius 1 is 1.40 bits per heavy atom. The highest BCUT2D eigenvalue weighted by Crippen LogP contribution is 2.15. The minimum atomic E-state index is -1.19. The molecule has 0 aromatic carbocycles. The van der Waals surface area contributed by atoms with Crippen LogP contribution in [0.25, 0.3) is 0 Å². The number of hydrogen-bond acceptors (Lipinski definition) is 1. The molecule has 0 N–H and O–H groups in total. The van der Waals surface area contributed by atoms with E-state index in [4.69, 9.17) is 0 Å². The van der Waals surface area contributed by atoms with Crippen LogP contribution in [0.15, 0.2) is 22.9 Å². The molecule has 1 nitrogen and oxygen atoms in total. The van der Waals surface area contributed by atoms with Crippen LogP contribution >= 0.6 is 15.9 Å². The summed E-state index contributed by atoms with van der Waals surface area (Å²) in [6.45, 7) is 6.80. The molecule has 0 aliphatic carbocycles. The molecule has 1 aromatic rings. The fourth-order valence-corrected chi connectivity index (χ4v) is 2.24. The molecule has 0 saturated heterocycles. The van der Waals surface area contributed by atoms with Crippen LogP contribution in [-0.2, 0) is 6.42 Å². The lowest BCUT2D eigenvalue weighted by Gasteiger charge is -2.03. The Balaban J connectivity index is 2.51. The van der Waals surface area contributed by atoms with Crippen molar-refractivity contribution in [3.05, 3.63) is 28.5 Å². The summed E-state index contributed by atoms with van der Waals surface area (Å²) in [5, 5.41) is 0. The third-order valence-electron chi connectivity index (χ3n) is 1.84. The summed E-state index contributed by atoms with van der Waals surface area (Å²) < 4.78 is 1.08. The van der Waals surface area contributed by atoms with E-state index in [0.29, 0.717) is 0 Å². The summed E-state index contributed by atoms with van der Waals surface area (Å²) in [6.07, 6.45) is 5.60. The molecule has 0 unspecified atom stereocenters. The molecule has 0 bridgehead atoms. The van der Waals surface area contributed by atoms with Gasteiger partial charge in [-0.3, -0.25) is 4.98 Å². The van der Waals surface area contributed by atoms with Gasteiger partial charge >= 0.3 is 0 Å². The maximum absolute atomic E-state index is 4.04. The summed E-state index contributed by atoms with van der Waals surface area (Å²) in [4.78, 5) is 4.04. The van der Waals surface area contributed by atoms with Crippen LogP contribution in [-0.4, -0.2) is 13.1 Å². The molecular formula is C12H16BrNSi. The fraction of sp³-hybridized carbons (Fsp3) is 0.417. The highest BCUT2D eigenvalue weighted by molar-refractivity contribution is 9.10. The van der Waals surface area contributed by atoms with Gasteiger partial charge in [0.25, 0.3) is 0 Å². The number of aromatic nitrogens is 1. The van der Waals surface area contributed by atoms with Crippen molar-refractivity contribution in [2.75, 3.05) is 0 Å². The minimum absolute atomic E-state index is 0.937. The van der Waals surface area contributed by atoms with Crippen LogP contribution in [0.3, 0.4) is 0 Å². The van der Waals surface area contributed by atoms with Gasteiger partial charge in [0, 0.05) is 23.3 Å². The van der Waals surface area contributed by atoms with Crippen molar-refractivity contribution in [3.63, 3.8) is 0 Å². The maximum Gasteiger partial charge on any atom is 0.129 e.